The Morgan fingerprint density at radius 2 is 2.04 bits per heavy atom. The van der Waals surface area contributed by atoms with Gasteiger partial charge in [-0.05, 0) is 30.3 Å². The Morgan fingerprint density at radius 1 is 1.26 bits per heavy atom. The number of nitrogens with one attached hydrogen (secondary N) is 2. The second kappa shape index (κ2) is 7.92. The van der Waals surface area contributed by atoms with Gasteiger partial charge in [-0.1, -0.05) is 23.7 Å². The molecular weight excluding hydrogens is 385 g/mol. The van der Waals surface area contributed by atoms with Gasteiger partial charge in [-0.15, -0.1) is 11.3 Å². The molecule has 0 radical (unpaired) electrons. The minimum absolute atomic E-state index is 0.174. The third kappa shape index (κ3) is 4.29. The molecule has 4 rings (SSSR count). The number of carbonyl (C=O) groups excluding carboxylic acids is 1. The molecular formula is C20H20ClFN3OS+. The van der Waals surface area contributed by atoms with Gasteiger partial charge in [-0.25, -0.2) is 9.37 Å². The highest BCUT2D eigenvalue weighted by molar-refractivity contribution is 7.18. The van der Waals surface area contributed by atoms with Crippen LogP contribution in [-0.4, -0.2) is 30.5 Å². The van der Waals surface area contributed by atoms with Gasteiger partial charge in [0.1, 0.15) is 5.82 Å². The van der Waals surface area contributed by atoms with E-state index in [1.165, 1.54) is 26.7 Å². The zero-order valence-corrected chi connectivity index (χ0v) is 16.2. The van der Waals surface area contributed by atoms with E-state index in [1.807, 2.05) is 12.1 Å². The SMILES string of the molecule is O=C(C[NH+]1CCC(c2nc3ccccc3s2)CC1)Nc1ccc(Cl)cc1F. The van der Waals surface area contributed by atoms with Gasteiger partial charge < -0.3 is 10.2 Å². The van der Waals surface area contributed by atoms with Gasteiger partial charge in [0.05, 0.1) is 34.0 Å². The third-order valence-corrected chi connectivity index (χ3v) is 6.40. The lowest BCUT2D eigenvalue weighted by molar-refractivity contribution is -0.897. The Balaban J connectivity index is 1.31. The number of aromatic nitrogens is 1. The van der Waals surface area contributed by atoms with Crippen LogP contribution in [0.3, 0.4) is 0 Å². The molecule has 2 aromatic carbocycles. The van der Waals surface area contributed by atoms with Crippen LogP contribution >= 0.6 is 22.9 Å². The van der Waals surface area contributed by atoms with Crippen LogP contribution in [0.4, 0.5) is 10.1 Å². The van der Waals surface area contributed by atoms with Crippen LogP contribution in [0.1, 0.15) is 23.8 Å². The van der Waals surface area contributed by atoms with Crippen molar-refractivity contribution in [3.63, 3.8) is 0 Å². The minimum atomic E-state index is -0.514. The van der Waals surface area contributed by atoms with E-state index in [-0.39, 0.29) is 11.6 Å². The zero-order valence-electron chi connectivity index (χ0n) is 14.7. The van der Waals surface area contributed by atoms with Crippen molar-refractivity contribution >= 4 is 44.7 Å². The molecule has 0 atom stereocenters. The highest BCUT2D eigenvalue weighted by atomic mass is 35.5. The molecule has 1 amide bonds. The van der Waals surface area contributed by atoms with Gasteiger partial charge in [-0.3, -0.25) is 4.79 Å². The average molecular weight is 405 g/mol. The van der Waals surface area contributed by atoms with E-state index in [2.05, 4.69) is 17.4 Å². The topological polar surface area (TPSA) is 46.4 Å². The van der Waals surface area contributed by atoms with E-state index in [1.54, 1.807) is 17.4 Å². The zero-order chi connectivity index (χ0) is 18.8. The van der Waals surface area contributed by atoms with Gasteiger partial charge in [0.2, 0.25) is 0 Å². The summed E-state index contributed by atoms with van der Waals surface area (Å²) in [5, 5.41) is 4.15. The summed E-state index contributed by atoms with van der Waals surface area (Å²) < 4.78 is 15.0. The standard InChI is InChI=1S/C20H19ClFN3OS/c21-14-5-6-16(15(22)11-14)23-19(26)12-25-9-7-13(8-10-25)20-24-17-3-1-2-4-18(17)27-20/h1-6,11,13H,7-10,12H2,(H,23,26)/p+1. The minimum Gasteiger partial charge on any atom is -0.327 e. The van der Waals surface area contributed by atoms with Crippen molar-refractivity contribution in [2.75, 3.05) is 25.0 Å². The number of piperidine rings is 1. The Kier molecular flexibility index (Phi) is 5.38. The van der Waals surface area contributed by atoms with Crippen LogP contribution in [0.15, 0.2) is 42.5 Å². The van der Waals surface area contributed by atoms with E-state index in [9.17, 15) is 9.18 Å². The van der Waals surface area contributed by atoms with Crippen LogP contribution in [0.2, 0.25) is 5.02 Å². The number of nitrogens with zero attached hydrogens (tertiary/aromatic N) is 1. The van der Waals surface area contributed by atoms with Crippen LogP contribution in [0, 0.1) is 5.82 Å². The number of hydrogen-bond donors (Lipinski definition) is 2. The number of fused-ring (bicyclic) bond motifs is 1. The first-order chi connectivity index (χ1) is 13.1. The summed E-state index contributed by atoms with van der Waals surface area (Å²) in [7, 11) is 0. The predicted octanol–water partition coefficient (Wildman–Crippen LogP) is 3.49. The van der Waals surface area contributed by atoms with Crippen molar-refractivity contribution < 1.29 is 14.1 Å². The molecule has 1 aliphatic heterocycles. The molecule has 0 bridgehead atoms. The summed E-state index contributed by atoms with van der Waals surface area (Å²) in [4.78, 5) is 18.2. The summed E-state index contributed by atoms with van der Waals surface area (Å²) in [5.41, 5.74) is 1.24. The fourth-order valence-electron chi connectivity index (χ4n) is 3.53. The van der Waals surface area contributed by atoms with E-state index < -0.39 is 5.82 Å². The third-order valence-electron chi connectivity index (χ3n) is 4.97. The number of carbonyl (C=O) groups is 1. The normalized spacial score (nSPS) is 19.9. The van der Waals surface area contributed by atoms with E-state index in [0.717, 1.165) is 31.4 Å². The summed E-state index contributed by atoms with van der Waals surface area (Å²) in [5.74, 6) is -0.229. The summed E-state index contributed by atoms with van der Waals surface area (Å²) in [6, 6.07) is 12.5. The van der Waals surface area contributed by atoms with Crippen molar-refractivity contribution in [2.24, 2.45) is 0 Å². The Morgan fingerprint density at radius 3 is 2.78 bits per heavy atom. The number of rotatable bonds is 4. The van der Waals surface area contributed by atoms with Crippen LogP contribution in [0.25, 0.3) is 10.2 Å². The average Bonchev–Trinajstić information content (AvgIpc) is 3.09. The molecule has 0 unspecified atom stereocenters. The molecule has 0 spiro atoms. The molecule has 3 aromatic rings. The monoisotopic (exact) mass is 404 g/mol. The fourth-order valence-corrected chi connectivity index (χ4v) is 4.82. The van der Waals surface area contributed by atoms with Crippen LogP contribution < -0.4 is 10.2 Å². The summed E-state index contributed by atoms with van der Waals surface area (Å²) in [6.45, 7) is 2.17. The van der Waals surface area contributed by atoms with E-state index >= 15 is 0 Å². The molecule has 0 saturated carbocycles. The first-order valence-electron chi connectivity index (χ1n) is 9.02. The highest BCUT2D eigenvalue weighted by Gasteiger charge is 2.27. The molecule has 27 heavy (non-hydrogen) atoms. The fraction of sp³-hybridized carbons (Fsp3) is 0.300. The molecule has 1 aliphatic rings. The van der Waals surface area contributed by atoms with Gasteiger partial charge in [0.25, 0.3) is 5.91 Å². The number of thiazole rings is 1. The number of anilines is 1. The van der Waals surface area contributed by atoms with Crippen molar-refractivity contribution in [3.8, 4) is 0 Å². The maximum Gasteiger partial charge on any atom is 0.279 e. The maximum absolute atomic E-state index is 13.8. The van der Waals surface area contributed by atoms with Crippen molar-refractivity contribution in [3.05, 3.63) is 58.3 Å². The number of quaternary nitrogens is 1. The number of benzene rings is 2. The van der Waals surface area contributed by atoms with Gasteiger partial charge in [0, 0.05) is 23.8 Å². The lowest BCUT2D eigenvalue weighted by atomic mass is 9.97. The van der Waals surface area contributed by atoms with Crippen molar-refractivity contribution in [2.45, 2.75) is 18.8 Å². The molecule has 7 heteroatoms. The quantitative estimate of drug-likeness (QED) is 0.699. The number of para-hydroxylation sites is 1. The molecule has 1 aromatic heterocycles. The molecule has 2 N–H and O–H groups in total. The van der Waals surface area contributed by atoms with Crippen LogP contribution in [-0.2, 0) is 4.79 Å². The van der Waals surface area contributed by atoms with Crippen molar-refractivity contribution in [1.29, 1.82) is 0 Å². The molecule has 1 saturated heterocycles. The molecule has 140 valence electrons. The lowest BCUT2D eigenvalue weighted by Gasteiger charge is -2.27. The largest absolute Gasteiger partial charge is 0.327 e. The Bertz CT molecular complexity index is 936. The second-order valence-electron chi connectivity index (χ2n) is 6.89. The van der Waals surface area contributed by atoms with Gasteiger partial charge >= 0.3 is 0 Å². The molecule has 0 aliphatic carbocycles. The first-order valence-corrected chi connectivity index (χ1v) is 10.2. The van der Waals surface area contributed by atoms with Crippen LogP contribution in [0.5, 0.6) is 0 Å². The Hall–Kier alpha value is -2.02. The predicted molar refractivity (Wildman–Crippen MR) is 107 cm³/mol. The smallest absolute Gasteiger partial charge is 0.279 e. The molecule has 4 nitrogen and oxygen atoms in total. The summed E-state index contributed by atoms with van der Waals surface area (Å²) >= 11 is 7.51. The number of hydrogen-bond acceptors (Lipinski definition) is 3. The molecule has 2 heterocycles. The van der Waals surface area contributed by atoms with E-state index in [4.69, 9.17) is 16.6 Å². The summed E-state index contributed by atoms with van der Waals surface area (Å²) in [6.07, 6.45) is 2.02. The van der Waals surface area contributed by atoms with Gasteiger partial charge in [-0.2, -0.15) is 0 Å². The van der Waals surface area contributed by atoms with Gasteiger partial charge in [0.15, 0.2) is 6.54 Å². The number of amides is 1. The molecule has 1 fully saturated rings. The lowest BCUT2D eigenvalue weighted by Crippen LogP contribution is -3.14. The highest BCUT2D eigenvalue weighted by Crippen LogP contribution is 2.31. The Labute approximate surface area is 166 Å². The van der Waals surface area contributed by atoms with Crippen molar-refractivity contribution in [1.82, 2.24) is 4.98 Å². The number of halogens is 2. The van der Waals surface area contributed by atoms with E-state index in [0.29, 0.717) is 17.5 Å². The maximum atomic E-state index is 13.8. The first kappa shape index (κ1) is 18.3. The second-order valence-corrected chi connectivity index (χ2v) is 8.39. The number of likely N-dealkylation sites (tertiary alicyclic amines) is 1.